The van der Waals surface area contributed by atoms with Gasteiger partial charge in [0.25, 0.3) is 0 Å². The molecule has 1 rings (SSSR count). The van der Waals surface area contributed by atoms with E-state index in [2.05, 4.69) is 10.1 Å². The van der Waals surface area contributed by atoms with Crippen LogP contribution < -0.4 is 5.32 Å². The molecule has 0 aromatic heterocycles. The van der Waals surface area contributed by atoms with Gasteiger partial charge >= 0.3 is 6.18 Å². The number of methoxy groups -OCH3 is 1. The van der Waals surface area contributed by atoms with E-state index >= 15 is 0 Å². The zero-order valence-corrected chi connectivity index (χ0v) is 7.07. The van der Waals surface area contributed by atoms with Crippen LogP contribution >= 0.6 is 0 Å². The summed E-state index contributed by atoms with van der Waals surface area (Å²) in [7, 11) is 1.30. The second-order valence-electron chi connectivity index (χ2n) is 3.02. The predicted molar refractivity (Wildman–Crippen MR) is 37.7 cm³/mol. The molecule has 6 heteroatoms. The molecule has 0 bridgehead atoms. The molecule has 0 atom stereocenters. The number of rotatable bonds is 3. The van der Waals surface area contributed by atoms with E-state index in [-0.39, 0.29) is 19.6 Å². The third kappa shape index (κ3) is 1.77. The largest absolute Gasteiger partial charge is 0.403 e. The molecule has 0 radical (unpaired) electrons. The Morgan fingerprint density at radius 1 is 1.54 bits per heavy atom. The Bertz CT molecular complexity index is 210. The number of halogens is 3. The highest BCUT2D eigenvalue weighted by Crippen LogP contribution is 2.57. The van der Waals surface area contributed by atoms with Gasteiger partial charge in [0.15, 0.2) is 0 Å². The molecule has 1 saturated carbocycles. The van der Waals surface area contributed by atoms with E-state index in [9.17, 15) is 18.0 Å². The molecule has 1 aliphatic rings. The molecule has 0 aromatic carbocycles. The van der Waals surface area contributed by atoms with Gasteiger partial charge in [-0.2, -0.15) is 13.2 Å². The molecule has 1 fully saturated rings. The zero-order valence-electron chi connectivity index (χ0n) is 7.07. The van der Waals surface area contributed by atoms with Crippen molar-refractivity contribution in [1.29, 1.82) is 0 Å². The summed E-state index contributed by atoms with van der Waals surface area (Å²) in [6.45, 7) is -0.184. The summed E-state index contributed by atoms with van der Waals surface area (Å²) in [6.07, 6.45) is -4.68. The molecule has 1 N–H and O–H groups in total. The number of alkyl halides is 3. The van der Waals surface area contributed by atoms with Crippen LogP contribution in [0.5, 0.6) is 0 Å². The van der Waals surface area contributed by atoms with E-state index in [1.165, 1.54) is 7.11 Å². The lowest BCUT2D eigenvalue weighted by molar-refractivity contribution is -0.192. The lowest BCUT2D eigenvalue weighted by atomic mass is 10.1. The molecular formula is C7H10F3NO2. The van der Waals surface area contributed by atoms with Crippen LogP contribution in [0.25, 0.3) is 0 Å². The molecule has 0 aromatic rings. The van der Waals surface area contributed by atoms with E-state index in [1.807, 2.05) is 0 Å². The number of nitrogens with one attached hydrogen (secondary N) is 1. The van der Waals surface area contributed by atoms with Gasteiger partial charge in [-0.05, 0) is 12.8 Å². The summed E-state index contributed by atoms with van der Waals surface area (Å²) < 4.78 is 41.3. The summed E-state index contributed by atoms with van der Waals surface area (Å²) in [5.74, 6) is -0.984. The van der Waals surface area contributed by atoms with Gasteiger partial charge in [0.05, 0.1) is 0 Å². The number of amides is 1. The Morgan fingerprint density at radius 2 is 2.08 bits per heavy atom. The molecule has 0 aliphatic heterocycles. The normalized spacial score (nSPS) is 19.7. The van der Waals surface area contributed by atoms with E-state index in [0.29, 0.717) is 0 Å². The molecule has 0 unspecified atom stereocenters. The van der Waals surface area contributed by atoms with Gasteiger partial charge in [-0.1, -0.05) is 0 Å². The SMILES string of the molecule is COCNC(=O)C1(C(F)(F)F)CC1. The molecule has 0 heterocycles. The van der Waals surface area contributed by atoms with E-state index in [0.717, 1.165) is 0 Å². The van der Waals surface area contributed by atoms with Crippen molar-refractivity contribution in [3.8, 4) is 0 Å². The zero-order chi connectivity index (χ0) is 10.1. The summed E-state index contributed by atoms with van der Waals surface area (Å²) >= 11 is 0. The van der Waals surface area contributed by atoms with Crippen molar-refractivity contribution in [3.63, 3.8) is 0 Å². The highest BCUT2D eigenvalue weighted by atomic mass is 19.4. The lowest BCUT2D eigenvalue weighted by Crippen LogP contribution is -2.41. The molecule has 0 saturated heterocycles. The summed E-state index contributed by atoms with van der Waals surface area (Å²) in [6, 6.07) is 0. The number of hydrogen-bond donors (Lipinski definition) is 1. The van der Waals surface area contributed by atoms with Gasteiger partial charge in [0, 0.05) is 7.11 Å². The van der Waals surface area contributed by atoms with Crippen molar-refractivity contribution >= 4 is 5.91 Å². The van der Waals surface area contributed by atoms with Crippen LogP contribution in [0.15, 0.2) is 0 Å². The minimum atomic E-state index is -4.44. The molecule has 3 nitrogen and oxygen atoms in total. The topological polar surface area (TPSA) is 38.3 Å². The Morgan fingerprint density at radius 3 is 2.38 bits per heavy atom. The maximum Gasteiger partial charge on any atom is 0.403 e. The number of carbonyl (C=O) groups is 1. The number of ether oxygens (including phenoxy) is 1. The van der Waals surface area contributed by atoms with Crippen molar-refractivity contribution in [3.05, 3.63) is 0 Å². The Hall–Kier alpha value is -0.780. The average Bonchev–Trinajstić information content (AvgIpc) is 2.78. The minimum Gasteiger partial charge on any atom is -0.364 e. The van der Waals surface area contributed by atoms with Gasteiger partial charge in [-0.3, -0.25) is 4.79 Å². The van der Waals surface area contributed by atoms with E-state index in [4.69, 9.17) is 0 Å². The third-order valence-electron chi connectivity index (χ3n) is 2.10. The van der Waals surface area contributed by atoms with Crippen LogP contribution in [0.3, 0.4) is 0 Å². The van der Waals surface area contributed by atoms with Crippen LogP contribution in [0.4, 0.5) is 13.2 Å². The summed E-state index contributed by atoms with van der Waals surface area (Å²) in [5, 5.41) is 2.06. The maximum atomic E-state index is 12.3. The number of hydrogen-bond acceptors (Lipinski definition) is 2. The van der Waals surface area contributed by atoms with Crippen molar-refractivity contribution in [2.75, 3.05) is 13.8 Å². The van der Waals surface area contributed by atoms with Crippen LogP contribution in [0, 0.1) is 5.41 Å². The van der Waals surface area contributed by atoms with Crippen molar-refractivity contribution in [1.82, 2.24) is 5.32 Å². The Kier molecular flexibility index (Phi) is 2.51. The third-order valence-corrected chi connectivity index (χ3v) is 2.10. The smallest absolute Gasteiger partial charge is 0.364 e. The minimum absolute atomic E-state index is 0.119. The molecular weight excluding hydrogens is 187 g/mol. The van der Waals surface area contributed by atoms with Crippen molar-refractivity contribution < 1.29 is 22.7 Å². The Balaban J connectivity index is 2.56. The maximum absolute atomic E-state index is 12.3. The molecule has 76 valence electrons. The second-order valence-corrected chi connectivity index (χ2v) is 3.02. The quantitative estimate of drug-likeness (QED) is 0.687. The van der Waals surface area contributed by atoms with E-state index < -0.39 is 17.5 Å². The fourth-order valence-electron chi connectivity index (χ4n) is 1.07. The average molecular weight is 197 g/mol. The summed E-state index contributed by atoms with van der Waals surface area (Å²) in [5.41, 5.74) is -2.13. The van der Waals surface area contributed by atoms with Crippen LogP contribution in [0.2, 0.25) is 0 Å². The van der Waals surface area contributed by atoms with Gasteiger partial charge in [-0.15, -0.1) is 0 Å². The van der Waals surface area contributed by atoms with Crippen molar-refractivity contribution in [2.24, 2.45) is 5.41 Å². The number of carbonyl (C=O) groups excluding carboxylic acids is 1. The van der Waals surface area contributed by atoms with Crippen molar-refractivity contribution in [2.45, 2.75) is 19.0 Å². The summed E-state index contributed by atoms with van der Waals surface area (Å²) in [4.78, 5) is 11.0. The standard InChI is InChI=1S/C7H10F3NO2/c1-13-4-11-5(12)6(2-3-6)7(8,9)10/h2-4H2,1H3,(H,11,12). The van der Waals surface area contributed by atoms with Gasteiger partial charge in [-0.25, -0.2) is 0 Å². The first kappa shape index (κ1) is 10.3. The monoisotopic (exact) mass is 197 g/mol. The molecule has 13 heavy (non-hydrogen) atoms. The fraction of sp³-hybridized carbons (Fsp3) is 0.857. The first-order valence-corrected chi connectivity index (χ1v) is 3.78. The Labute approximate surface area is 73.2 Å². The van der Waals surface area contributed by atoms with Crippen LogP contribution in [-0.2, 0) is 9.53 Å². The first-order chi connectivity index (χ1) is 5.94. The molecule has 0 spiro atoms. The van der Waals surface area contributed by atoms with E-state index in [1.54, 1.807) is 0 Å². The van der Waals surface area contributed by atoms with Crippen LogP contribution in [-0.4, -0.2) is 25.9 Å². The highest BCUT2D eigenvalue weighted by Gasteiger charge is 2.68. The van der Waals surface area contributed by atoms with Gasteiger partial charge < -0.3 is 10.1 Å². The molecule has 1 amide bonds. The highest BCUT2D eigenvalue weighted by molar-refractivity contribution is 5.86. The fourth-order valence-corrected chi connectivity index (χ4v) is 1.07. The van der Waals surface area contributed by atoms with Gasteiger partial charge in [0.1, 0.15) is 12.1 Å². The molecule has 1 aliphatic carbocycles. The second kappa shape index (κ2) is 3.17. The predicted octanol–water partition coefficient (Wildman–Crippen LogP) is 1.05. The lowest BCUT2D eigenvalue weighted by Gasteiger charge is -2.17. The first-order valence-electron chi connectivity index (χ1n) is 3.78. The van der Waals surface area contributed by atoms with Crippen LogP contribution in [0.1, 0.15) is 12.8 Å². The van der Waals surface area contributed by atoms with Gasteiger partial charge in [0.2, 0.25) is 5.91 Å².